The Kier molecular flexibility index (Phi) is 6.25. The first-order chi connectivity index (χ1) is 14.8. The molecule has 6 atom stereocenters. The molecular formula is C19H23FN3O7P. The lowest BCUT2D eigenvalue weighted by molar-refractivity contribution is -0.0561. The minimum absolute atomic E-state index is 0.0740. The second-order valence-corrected chi connectivity index (χ2v) is 9.09. The van der Waals surface area contributed by atoms with Crippen molar-refractivity contribution >= 4 is 13.6 Å². The predicted octanol–water partition coefficient (Wildman–Crippen LogP) is 2.16. The van der Waals surface area contributed by atoms with Crippen LogP contribution in [0.5, 0.6) is 0 Å². The zero-order chi connectivity index (χ0) is 22.2. The number of aromatic nitrogens is 2. The number of anilines is 1. The lowest BCUT2D eigenvalue weighted by Crippen LogP contribution is -2.31. The molecule has 4 rings (SSSR count). The summed E-state index contributed by atoms with van der Waals surface area (Å²) in [4.78, 5) is 15.8. The molecule has 31 heavy (non-hydrogen) atoms. The normalized spacial score (nSPS) is 33.5. The Hall–Kier alpha value is -2.14. The number of aliphatic hydroxyl groups is 1. The second kappa shape index (κ2) is 8.78. The van der Waals surface area contributed by atoms with Gasteiger partial charge in [0.2, 0.25) is 0 Å². The van der Waals surface area contributed by atoms with Crippen molar-refractivity contribution in [1.29, 1.82) is 0 Å². The molecule has 3 N–H and O–H groups in total. The number of benzene rings is 1. The van der Waals surface area contributed by atoms with Crippen LogP contribution in [-0.2, 0) is 22.9 Å². The minimum Gasteiger partial charge on any atom is -0.390 e. The zero-order valence-corrected chi connectivity index (χ0v) is 17.6. The van der Waals surface area contributed by atoms with E-state index in [1.807, 2.05) is 0 Å². The van der Waals surface area contributed by atoms with Gasteiger partial charge in [0.15, 0.2) is 0 Å². The first-order valence-corrected chi connectivity index (χ1v) is 11.2. The molecule has 2 aromatic rings. The Morgan fingerprint density at radius 3 is 2.97 bits per heavy atom. The third-order valence-corrected chi connectivity index (χ3v) is 6.79. The molecule has 12 heteroatoms. The van der Waals surface area contributed by atoms with Crippen molar-refractivity contribution in [2.24, 2.45) is 5.92 Å². The number of hydrogen-bond acceptors (Lipinski definition) is 9. The fourth-order valence-electron chi connectivity index (χ4n) is 3.64. The summed E-state index contributed by atoms with van der Waals surface area (Å²) in [6.45, 7) is 1.50. The summed E-state index contributed by atoms with van der Waals surface area (Å²) in [6.07, 6.45) is -1.55. The van der Waals surface area contributed by atoms with Crippen LogP contribution in [0.2, 0.25) is 0 Å². The van der Waals surface area contributed by atoms with Crippen LogP contribution in [0.4, 0.5) is 10.2 Å². The number of phosphoric ester groups is 1. The Balaban J connectivity index is 1.42. The molecule has 0 spiro atoms. The van der Waals surface area contributed by atoms with Gasteiger partial charge in [0.1, 0.15) is 24.0 Å². The molecule has 168 valence electrons. The molecule has 2 aliphatic rings. The van der Waals surface area contributed by atoms with Gasteiger partial charge in [-0.1, -0.05) is 19.1 Å². The summed E-state index contributed by atoms with van der Waals surface area (Å²) in [5.41, 5.74) is 5.41. The summed E-state index contributed by atoms with van der Waals surface area (Å²) < 4.78 is 49.5. The molecule has 3 heterocycles. The van der Waals surface area contributed by atoms with E-state index < -0.39 is 49.8 Å². The van der Waals surface area contributed by atoms with E-state index in [-0.39, 0.29) is 19.0 Å². The molecule has 1 aromatic heterocycles. The van der Waals surface area contributed by atoms with E-state index in [0.717, 1.165) is 0 Å². The highest BCUT2D eigenvalue weighted by molar-refractivity contribution is 7.48. The largest absolute Gasteiger partial charge is 0.475 e. The van der Waals surface area contributed by atoms with Gasteiger partial charge in [-0.05, 0) is 23.8 Å². The number of phosphoric acid groups is 1. The molecule has 2 unspecified atom stereocenters. The van der Waals surface area contributed by atoms with Gasteiger partial charge in [0, 0.05) is 18.5 Å². The van der Waals surface area contributed by atoms with Crippen molar-refractivity contribution in [3.63, 3.8) is 0 Å². The number of aliphatic hydroxyl groups excluding tert-OH is 1. The standard InChI is InChI=1S/C19H23FN3O7P/c1-11-17(24)15(29-18(11)23-7-5-16(21)22-19(23)25)10-28-31(26)27-8-6-14(30-31)12-3-2-4-13(20)9-12/h2-5,7,9,11,14-15,17-18,24H,6,8,10H2,1H3,(H2,21,22,25)/t11-,14?,15+,17-,18+,31?/m0/s1. The van der Waals surface area contributed by atoms with Gasteiger partial charge in [-0.15, -0.1) is 0 Å². The molecule has 2 saturated heterocycles. The summed E-state index contributed by atoms with van der Waals surface area (Å²) in [7, 11) is -3.97. The third-order valence-electron chi connectivity index (χ3n) is 5.31. The zero-order valence-electron chi connectivity index (χ0n) is 16.7. The van der Waals surface area contributed by atoms with E-state index in [0.29, 0.717) is 12.0 Å². The molecule has 0 saturated carbocycles. The van der Waals surface area contributed by atoms with Crippen LogP contribution >= 0.6 is 7.82 Å². The first-order valence-electron chi connectivity index (χ1n) is 9.77. The number of nitrogen functional groups attached to an aromatic ring is 1. The maximum atomic E-state index is 13.5. The van der Waals surface area contributed by atoms with Crippen LogP contribution in [-0.4, -0.2) is 40.1 Å². The van der Waals surface area contributed by atoms with Crippen LogP contribution in [0.15, 0.2) is 41.3 Å². The summed E-state index contributed by atoms with van der Waals surface area (Å²) in [5, 5.41) is 10.5. The number of rotatable bonds is 5. The highest BCUT2D eigenvalue weighted by atomic mass is 31.2. The molecule has 0 bridgehead atoms. The van der Waals surface area contributed by atoms with E-state index in [9.17, 15) is 18.9 Å². The summed E-state index contributed by atoms with van der Waals surface area (Å²) >= 11 is 0. The van der Waals surface area contributed by atoms with Crippen molar-refractivity contribution in [3.05, 3.63) is 58.4 Å². The number of nitrogens with zero attached hydrogens (tertiary/aromatic N) is 2. The predicted molar refractivity (Wildman–Crippen MR) is 106 cm³/mol. The SMILES string of the molecule is C[C@H]1[C@H](O)[C@@H](COP2(=O)OCCC(c3cccc(F)c3)O2)O[C@H]1n1ccc(N)nc1=O. The molecular weight excluding hydrogens is 432 g/mol. The average molecular weight is 455 g/mol. The molecule has 2 fully saturated rings. The van der Waals surface area contributed by atoms with Crippen LogP contribution in [0.25, 0.3) is 0 Å². The van der Waals surface area contributed by atoms with Gasteiger partial charge in [0.25, 0.3) is 0 Å². The van der Waals surface area contributed by atoms with E-state index in [4.69, 9.17) is 24.0 Å². The topological polar surface area (TPSA) is 135 Å². The Morgan fingerprint density at radius 2 is 2.23 bits per heavy atom. The van der Waals surface area contributed by atoms with Gasteiger partial charge in [-0.25, -0.2) is 13.8 Å². The van der Waals surface area contributed by atoms with Crippen molar-refractivity contribution < 1.29 is 32.4 Å². The van der Waals surface area contributed by atoms with Gasteiger partial charge < -0.3 is 15.6 Å². The maximum absolute atomic E-state index is 13.5. The van der Waals surface area contributed by atoms with Gasteiger partial charge in [0.05, 0.1) is 25.4 Å². The van der Waals surface area contributed by atoms with Crippen LogP contribution < -0.4 is 11.4 Å². The summed E-state index contributed by atoms with van der Waals surface area (Å²) in [6, 6.07) is 7.25. The Morgan fingerprint density at radius 1 is 1.42 bits per heavy atom. The molecule has 0 radical (unpaired) electrons. The summed E-state index contributed by atoms with van der Waals surface area (Å²) in [5.74, 6) is -0.839. The monoisotopic (exact) mass is 455 g/mol. The van der Waals surface area contributed by atoms with Crippen LogP contribution in [0.3, 0.4) is 0 Å². The molecule has 10 nitrogen and oxygen atoms in total. The Bertz CT molecular complexity index is 1050. The smallest absolute Gasteiger partial charge is 0.390 e. The third kappa shape index (κ3) is 4.72. The minimum atomic E-state index is -3.97. The maximum Gasteiger partial charge on any atom is 0.475 e. The lowest BCUT2D eigenvalue weighted by Gasteiger charge is -2.29. The average Bonchev–Trinajstić information content (AvgIpc) is 3.01. The fraction of sp³-hybridized carbons (Fsp3) is 0.474. The number of halogens is 1. The first kappa shape index (κ1) is 22.1. The van der Waals surface area contributed by atoms with Gasteiger partial charge in [-0.3, -0.25) is 18.1 Å². The number of ether oxygens (including phenoxy) is 1. The quantitative estimate of drug-likeness (QED) is 0.650. The van der Waals surface area contributed by atoms with Crippen LogP contribution in [0, 0.1) is 11.7 Å². The van der Waals surface area contributed by atoms with Crippen molar-refractivity contribution in [2.45, 2.75) is 37.9 Å². The van der Waals surface area contributed by atoms with Crippen molar-refractivity contribution in [2.75, 3.05) is 18.9 Å². The molecule has 0 aliphatic carbocycles. The van der Waals surface area contributed by atoms with Crippen molar-refractivity contribution in [1.82, 2.24) is 9.55 Å². The van der Waals surface area contributed by atoms with Gasteiger partial charge in [-0.2, -0.15) is 4.98 Å². The number of hydrogen-bond donors (Lipinski definition) is 2. The van der Waals surface area contributed by atoms with E-state index in [1.165, 1.54) is 35.0 Å². The number of nitrogens with two attached hydrogens (primary N) is 1. The highest BCUT2D eigenvalue weighted by Crippen LogP contribution is 2.57. The van der Waals surface area contributed by atoms with E-state index >= 15 is 0 Å². The Labute approximate surface area is 177 Å². The lowest BCUT2D eigenvalue weighted by atomic mass is 10.0. The second-order valence-electron chi connectivity index (χ2n) is 7.47. The van der Waals surface area contributed by atoms with Gasteiger partial charge >= 0.3 is 13.5 Å². The molecule has 2 aliphatic heterocycles. The highest BCUT2D eigenvalue weighted by Gasteiger charge is 2.45. The van der Waals surface area contributed by atoms with E-state index in [2.05, 4.69) is 4.98 Å². The fourth-order valence-corrected chi connectivity index (χ4v) is 5.04. The van der Waals surface area contributed by atoms with E-state index in [1.54, 1.807) is 13.0 Å². The van der Waals surface area contributed by atoms with Crippen molar-refractivity contribution in [3.8, 4) is 0 Å². The molecule has 1 aromatic carbocycles. The molecule has 0 amide bonds. The van der Waals surface area contributed by atoms with Crippen LogP contribution in [0.1, 0.15) is 31.2 Å².